The first-order chi connectivity index (χ1) is 9.90. The van der Waals surface area contributed by atoms with E-state index in [1.54, 1.807) is 0 Å². The van der Waals surface area contributed by atoms with Crippen molar-refractivity contribution in [2.24, 2.45) is 0 Å². The van der Waals surface area contributed by atoms with Crippen molar-refractivity contribution in [1.29, 1.82) is 0 Å². The fraction of sp³-hybridized carbons (Fsp3) is 0.611. The van der Waals surface area contributed by atoms with Gasteiger partial charge < -0.3 is 10.2 Å². The third kappa shape index (κ3) is 2.59. The first kappa shape index (κ1) is 14.6. The Morgan fingerprint density at radius 3 is 2.67 bits per heavy atom. The summed E-state index contributed by atoms with van der Waals surface area (Å²) in [4.78, 5) is 15.2. The number of hydrogen-bond donors (Lipinski definition) is 1. The number of nitrogens with one attached hydrogen (secondary N) is 1. The Morgan fingerprint density at radius 1 is 1.29 bits per heavy atom. The quantitative estimate of drug-likeness (QED) is 0.906. The van der Waals surface area contributed by atoms with Gasteiger partial charge in [-0.3, -0.25) is 4.79 Å². The van der Waals surface area contributed by atoms with Crippen LogP contribution in [0.4, 0.5) is 5.69 Å². The van der Waals surface area contributed by atoms with Crippen molar-refractivity contribution >= 4 is 11.6 Å². The number of anilines is 1. The molecule has 2 aliphatic heterocycles. The molecule has 0 fully saturated rings. The van der Waals surface area contributed by atoms with E-state index in [4.69, 9.17) is 0 Å². The molecule has 0 saturated heterocycles. The lowest BCUT2D eigenvalue weighted by Crippen LogP contribution is -2.53. The van der Waals surface area contributed by atoms with E-state index >= 15 is 0 Å². The van der Waals surface area contributed by atoms with E-state index in [2.05, 4.69) is 56.1 Å². The topological polar surface area (TPSA) is 32.3 Å². The van der Waals surface area contributed by atoms with E-state index in [1.165, 1.54) is 16.8 Å². The molecule has 0 bridgehead atoms. The summed E-state index contributed by atoms with van der Waals surface area (Å²) in [5, 5.41) is 3.52. The number of hydrogen-bond acceptors (Lipinski definition) is 2. The van der Waals surface area contributed by atoms with E-state index in [-0.39, 0.29) is 17.5 Å². The minimum absolute atomic E-state index is 0.0406. The zero-order valence-corrected chi connectivity index (χ0v) is 13.6. The summed E-state index contributed by atoms with van der Waals surface area (Å²) in [6.45, 7) is 8.57. The molecular formula is C18H26N2O. The van der Waals surface area contributed by atoms with Crippen LogP contribution in [0.3, 0.4) is 0 Å². The monoisotopic (exact) mass is 286 g/mol. The van der Waals surface area contributed by atoms with Gasteiger partial charge in [-0.2, -0.15) is 0 Å². The molecule has 2 heterocycles. The van der Waals surface area contributed by atoms with Crippen LogP contribution in [0.5, 0.6) is 0 Å². The van der Waals surface area contributed by atoms with Crippen LogP contribution in [-0.4, -0.2) is 23.5 Å². The largest absolute Gasteiger partial charge is 0.307 e. The highest BCUT2D eigenvalue weighted by atomic mass is 16.2. The van der Waals surface area contributed by atoms with Gasteiger partial charge in [0.15, 0.2) is 0 Å². The number of aryl methyl sites for hydroxylation is 1. The van der Waals surface area contributed by atoms with Gasteiger partial charge in [-0.15, -0.1) is 0 Å². The van der Waals surface area contributed by atoms with Gasteiger partial charge in [0.05, 0.1) is 11.7 Å². The van der Waals surface area contributed by atoms with Crippen molar-refractivity contribution in [2.45, 2.75) is 71.0 Å². The highest BCUT2D eigenvalue weighted by Crippen LogP contribution is 2.39. The minimum atomic E-state index is -0.0719. The summed E-state index contributed by atoms with van der Waals surface area (Å²) in [6, 6.07) is 6.78. The highest BCUT2D eigenvalue weighted by Gasteiger charge is 2.40. The highest BCUT2D eigenvalue weighted by molar-refractivity contribution is 6.01. The predicted molar refractivity (Wildman–Crippen MR) is 86.7 cm³/mol. The molecule has 0 radical (unpaired) electrons. The molecule has 1 aromatic rings. The maximum Gasteiger partial charge on any atom is 0.244 e. The van der Waals surface area contributed by atoms with Gasteiger partial charge in [0.25, 0.3) is 0 Å². The summed E-state index contributed by atoms with van der Waals surface area (Å²) >= 11 is 0. The Hall–Kier alpha value is -1.35. The lowest BCUT2D eigenvalue weighted by atomic mass is 9.99. The van der Waals surface area contributed by atoms with E-state index in [0.29, 0.717) is 6.04 Å². The SMILES string of the molecule is CCC1Cc2cccc3c2N1C(=O)C(NC(C)(C)C)CC3. The Labute approximate surface area is 127 Å². The third-order valence-electron chi connectivity index (χ3n) is 4.58. The summed E-state index contributed by atoms with van der Waals surface area (Å²) in [7, 11) is 0. The fourth-order valence-corrected chi connectivity index (χ4v) is 3.71. The maximum atomic E-state index is 13.1. The molecular weight excluding hydrogens is 260 g/mol. The standard InChI is InChI=1S/C18H26N2O/c1-5-14-11-13-8-6-7-12-9-10-15(19-18(2,3)4)17(21)20(14)16(12)13/h6-8,14-15,19H,5,9-11H2,1-4H3. The van der Waals surface area contributed by atoms with Gasteiger partial charge in [-0.1, -0.05) is 25.1 Å². The molecule has 3 nitrogen and oxygen atoms in total. The normalized spacial score (nSPS) is 25.0. The number of carbonyl (C=O) groups excluding carboxylic acids is 1. The van der Waals surface area contributed by atoms with E-state index in [9.17, 15) is 4.79 Å². The Kier molecular flexibility index (Phi) is 3.56. The summed E-state index contributed by atoms with van der Waals surface area (Å²) < 4.78 is 0. The predicted octanol–water partition coefficient (Wildman–Crippen LogP) is 3.06. The van der Waals surface area contributed by atoms with Crippen molar-refractivity contribution in [3.05, 3.63) is 29.3 Å². The zero-order valence-electron chi connectivity index (χ0n) is 13.6. The Balaban J connectivity index is 1.99. The van der Waals surface area contributed by atoms with Crippen LogP contribution in [-0.2, 0) is 17.6 Å². The zero-order chi connectivity index (χ0) is 15.2. The molecule has 2 unspecified atom stereocenters. The van der Waals surface area contributed by atoms with Crippen LogP contribution in [0.25, 0.3) is 0 Å². The molecule has 114 valence electrons. The fourth-order valence-electron chi connectivity index (χ4n) is 3.71. The van der Waals surface area contributed by atoms with Crippen LogP contribution in [0.2, 0.25) is 0 Å². The van der Waals surface area contributed by atoms with Gasteiger partial charge in [0.2, 0.25) is 5.91 Å². The number of carbonyl (C=O) groups is 1. The van der Waals surface area contributed by atoms with Crippen LogP contribution in [0.15, 0.2) is 18.2 Å². The van der Waals surface area contributed by atoms with E-state index < -0.39 is 0 Å². The van der Waals surface area contributed by atoms with Crippen LogP contribution < -0.4 is 10.2 Å². The first-order valence-corrected chi connectivity index (χ1v) is 8.12. The average Bonchev–Trinajstić information content (AvgIpc) is 2.74. The van der Waals surface area contributed by atoms with Crippen LogP contribution in [0, 0.1) is 0 Å². The van der Waals surface area contributed by atoms with Crippen molar-refractivity contribution in [1.82, 2.24) is 5.32 Å². The van der Waals surface area contributed by atoms with Crippen molar-refractivity contribution in [3.8, 4) is 0 Å². The maximum absolute atomic E-state index is 13.1. The number of benzene rings is 1. The average molecular weight is 286 g/mol. The molecule has 21 heavy (non-hydrogen) atoms. The van der Waals surface area contributed by atoms with Crippen molar-refractivity contribution < 1.29 is 4.79 Å². The van der Waals surface area contributed by atoms with Gasteiger partial charge in [-0.05, 0) is 57.6 Å². The van der Waals surface area contributed by atoms with Gasteiger partial charge in [-0.25, -0.2) is 0 Å². The first-order valence-electron chi connectivity index (χ1n) is 8.12. The van der Waals surface area contributed by atoms with E-state index in [0.717, 1.165) is 25.7 Å². The summed E-state index contributed by atoms with van der Waals surface area (Å²) in [5.74, 6) is 0.264. The van der Waals surface area contributed by atoms with Gasteiger partial charge >= 0.3 is 0 Å². The number of amides is 1. The Bertz CT molecular complexity index is 559. The minimum Gasteiger partial charge on any atom is -0.307 e. The molecule has 1 aromatic carbocycles. The van der Waals surface area contributed by atoms with Crippen molar-refractivity contribution in [3.63, 3.8) is 0 Å². The lowest BCUT2D eigenvalue weighted by Gasteiger charge is -2.32. The number of rotatable bonds is 2. The smallest absolute Gasteiger partial charge is 0.244 e. The third-order valence-corrected chi connectivity index (χ3v) is 4.58. The molecule has 3 rings (SSSR count). The second-order valence-corrected chi connectivity index (χ2v) is 7.38. The van der Waals surface area contributed by atoms with Crippen molar-refractivity contribution in [2.75, 3.05) is 4.90 Å². The molecule has 2 aliphatic rings. The molecule has 0 aromatic heterocycles. The lowest BCUT2D eigenvalue weighted by molar-refractivity contribution is -0.121. The molecule has 3 heteroatoms. The Morgan fingerprint density at radius 2 is 2.00 bits per heavy atom. The van der Waals surface area contributed by atoms with Gasteiger partial charge in [0.1, 0.15) is 0 Å². The number of nitrogens with zero attached hydrogens (tertiary/aromatic N) is 1. The summed E-state index contributed by atoms with van der Waals surface area (Å²) in [6.07, 6.45) is 3.89. The molecule has 0 saturated carbocycles. The summed E-state index contributed by atoms with van der Waals surface area (Å²) in [5.41, 5.74) is 3.87. The second kappa shape index (κ2) is 5.13. The second-order valence-electron chi connectivity index (χ2n) is 7.38. The van der Waals surface area contributed by atoms with Crippen LogP contribution in [0.1, 0.15) is 51.7 Å². The molecule has 2 atom stereocenters. The van der Waals surface area contributed by atoms with Gasteiger partial charge in [0, 0.05) is 11.6 Å². The van der Waals surface area contributed by atoms with E-state index in [1.807, 2.05) is 0 Å². The molecule has 1 amide bonds. The van der Waals surface area contributed by atoms with Crippen LogP contribution >= 0.6 is 0 Å². The molecule has 0 spiro atoms. The molecule has 1 N–H and O–H groups in total. The number of para-hydroxylation sites is 1. The molecule has 0 aliphatic carbocycles.